The molecule has 0 aliphatic rings. The average molecular weight is 428 g/mol. The number of benzene rings is 3. The Morgan fingerprint density at radius 1 is 0.875 bits per heavy atom. The van der Waals surface area contributed by atoms with Gasteiger partial charge in [-0.2, -0.15) is 5.10 Å². The third-order valence-corrected chi connectivity index (χ3v) is 4.89. The summed E-state index contributed by atoms with van der Waals surface area (Å²) in [6, 6.07) is 22.1. The van der Waals surface area contributed by atoms with Gasteiger partial charge in [-0.25, -0.2) is 9.07 Å². The van der Waals surface area contributed by atoms with Gasteiger partial charge in [-0.15, -0.1) is 0 Å². The van der Waals surface area contributed by atoms with Crippen molar-refractivity contribution in [2.24, 2.45) is 0 Å². The van der Waals surface area contributed by atoms with Gasteiger partial charge in [0.15, 0.2) is 0 Å². The van der Waals surface area contributed by atoms with Crippen LogP contribution >= 0.6 is 0 Å². The maximum absolute atomic E-state index is 13.1. The lowest BCUT2D eigenvalue weighted by Crippen LogP contribution is -2.13. The molecule has 0 unspecified atom stereocenters. The Kier molecular flexibility index (Phi) is 5.81. The maximum Gasteiger partial charge on any atom is 0.255 e. The highest BCUT2D eigenvalue weighted by Gasteiger charge is 2.19. The molecule has 0 saturated heterocycles. The molecule has 0 fully saturated rings. The first-order valence-electron chi connectivity index (χ1n) is 10.0. The highest BCUT2D eigenvalue weighted by atomic mass is 19.1. The first-order valence-corrected chi connectivity index (χ1v) is 10.0. The Hall–Kier alpha value is -4.26. The van der Waals surface area contributed by atoms with Crippen molar-refractivity contribution in [2.45, 2.75) is 13.8 Å². The van der Waals surface area contributed by atoms with Gasteiger partial charge in [-0.3, -0.25) is 9.59 Å². The summed E-state index contributed by atoms with van der Waals surface area (Å²) in [7, 11) is 0. The van der Waals surface area contributed by atoms with Gasteiger partial charge >= 0.3 is 0 Å². The number of nitrogens with one attached hydrogen (secondary N) is 2. The van der Waals surface area contributed by atoms with E-state index in [9.17, 15) is 14.0 Å². The van der Waals surface area contributed by atoms with Crippen LogP contribution in [0.1, 0.15) is 23.0 Å². The summed E-state index contributed by atoms with van der Waals surface area (Å²) in [6.45, 7) is 3.33. The normalized spacial score (nSPS) is 10.6. The maximum atomic E-state index is 13.1. The van der Waals surface area contributed by atoms with Gasteiger partial charge in [0.25, 0.3) is 5.91 Å². The first kappa shape index (κ1) is 21.0. The summed E-state index contributed by atoms with van der Waals surface area (Å²) in [5.41, 5.74) is 4.17. The second-order valence-electron chi connectivity index (χ2n) is 7.28. The number of hydrogen-bond acceptors (Lipinski definition) is 3. The van der Waals surface area contributed by atoms with Crippen molar-refractivity contribution < 1.29 is 14.0 Å². The van der Waals surface area contributed by atoms with Gasteiger partial charge in [0, 0.05) is 23.7 Å². The van der Waals surface area contributed by atoms with Crippen molar-refractivity contribution >= 4 is 23.3 Å². The number of halogens is 1. The van der Waals surface area contributed by atoms with E-state index >= 15 is 0 Å². The van der Waals surface area contributed by atoms with E-state index in [2.05, 4.69) is 15.7 Å². The molecule has 0 aliphatic carbocycles. The first-order chi connectivity index (χ1) is 15.4. The standard InChI is InChI=1S/C25H21FN4O2/c1-16-23(18-6-4-3-5-7-18)24(27-17(2)31)30(29-16)22-14-8-19(9-15-22)25(32)28-21-12-10-20(26)11-13-21/h3-15H,1-2H3,(H,27,31)(H,28,32). The summed E-state index contributed by atoms with van der Waals surface area (Å²) >= 11 is 0. The molecular weight excluding hydrogens is 407 g/mol. The lowest BCUT2D eigenvalue weighted by Gasteiger charge is -2.11. The summed E-state index contributed by atoms with van der Waals surface area (Å²) in [5, 5.41) is 10.2. The highest BCUT2D eigenvalue weighted by Crippen LogP contribution is 2.33. The monoisotopic (exact) mass is 428 g/mol. The lowest BCUT2D eigenvalue weighted by atomic mass is 10.1. The van der Waals surface area contributed by atoms with Gasteiger partial charge in [0.2, 0.25) is 5.91 Å². The fourth-order valence-electron chi connectivity index (χ4n) is 3.44. The summed E-state index contributed by atoms with van der Waals surface area (Å²) in [5.74, 6) is -0.332. The third kappa shape index (κ3) is 4.41. The molecule has 2 N–H and O–H groups in total. The molecule has 0 radical (unpaired) electrons. The molecule has 0 atom stereocenters. The summed E-state index contributed by atoms with van der Waals surface area (Å²) < 4.78 is 14.7. The second kappa shape index (κ2) is 8.85. The Bertz CT molecular complexity index is 1260. The van der Waals surface area contributed by atoms with E-state index in [0.29, 0.717) is 22.8 Å². The number of hydrogen-bond donors (Lipinski definition) is 2. The van der Waals surface area contributed by atoms with Crippen molar-refractivity contribution in [1.29, 1.82) is 0 Å². The van der Waals surface area contributed by atoms with Crippen molar-refractivity contribution in [3.05, 3.63) is 95.9 Å². The molecule has 0 saturated carbocycles. The van der Waals surface area contributed by atoms with E-state index in [0.717, 1.165) is 16.8 Å². The van der Waals surface area contributed by atoms with Crippen molar-refractivity contribution in [2.75, 3.05) is 10.6 Å². The van der Waals surface area contributed by atoms with E-state index in [1.54, 1.807) is 28.9 Å². The van der Waals surface area contributed by atoms with Crippen LogP contribution in [0, 0.1) is 12.7 Å². The van der Waals surface area contributed by atoms with Crippen LogP contribution in [0.4, 0.5) is 15.9 Å². The number of amides is 2. The van der Waals surface area contributed by atoms with Crippen LogP contribution in [-0.4, -0.2) is 21.6 Å². The van der Waals surface area contributed by atoms with Crippen LogP contribution in [0.5, 0.6) is 0 Å². The molecule has 160 valence electrons. The predicted molar refractivity (Wildman–Crippen MR) is 122 cm³/mol. The average Bonchev–Trinajstić information content (AvgIpc) is 3.11. The largest absolute Gasteiger partial charge is 0.322 e. The van der Waals surface area contributed by atoms with Crippen LogP contribution in [0.3, 0.4) is 0 Å². The van der Waals surface area contributed by atoms with Crippen molar-refractivity contribution in [3.8, 4) is 16.8 Å². The fourth-order valence-corrected chi connectivity index (χ4v) is 3.44. The lowest BCUT2D eigenvalue weighted by molar-refractivity contribution is -0.114. The molecule has 0 spiro atoms. The van der Waals surface area contributed by atoms with E-state index in [1.807, 2.05) is 37.3 Å². The molecular formula is C25H21FN4O2. The van der Waals surface area contributed by atoms with Crippen molar-refractivity contribution in [3.63, 3.8) is 0 Å². The zero-order valence-electron chi connectivity index (χ0n) is 17.6. The van der Waals surface area contributed by atoms with Crippen molar-refractivity contribution in [1.82, 2.24) is 9.78 Å². The molecule has 32 heavy (non-hydrogen) atoms. The predicted octanol–water partition coefficient (Wildman–Crippen LogP) is 5.20. The zero-order valence-corrected chi connectivity index (χ0v) is 17.6. The van der Waals surface area contributed by atoms with Gasteiger partial charge < -0.3 is 10.6 Å². The summed E-state index contributed by atoms with van der Waals surface area (Å²) in [6.07, 6.45) is 0. The molecule has 2 amide bonds. The van der Waals surface area contributed by atoms with Crippen LogP contribution < -0.4 is 10.6 Å². The van der Waals surface area contributed by atoms with Gasteiger partial charge in [0.1, 0.15) is 11.6 Å². The molecule has 7 heteroatoms. The number of aromatic nitrogens is 2. The summed E-state index contributed by atoms with van der Waals surface area (Å²) in [4.78, 5) is 24.4. The number of aryl methyl sites for hydroxylation is 1. The minimum absolute atomic E-state index is 0.210. The van der Waals surface area contributed by atoms with E-state index in [1.165, 1.54) is 31.2 Å². The second-order valence-corrected chi connectivity index (χ2v) is 7.28. The molecule has 3 aromatic carbocycles. The minimum atomic E-state index is -0.369. The van der Waals surface area contributed by atoms with Crippen LogP contribution in [0.2, 0.25) is 0 Å². The Labute approximate surface area is 184 Å². The van der Waals surface area contributed by atoms with Crippen LogP contribution in [-0.2, 0) is 4.79 Å². The SMILES string of the molecule is CC(=O)Nc1c(-c2ccccc2)c(C)nn1-c1ccc(C(=O)Nc2ccc(F)cc2)cc1. The van der Waals surface area contributed by atoms with Gasteiger partial charge in [-0.05, 0) is 61.0 Å². The van der Waals surface area contributed by atoms with E-state index in [4.69, 9.17) is 0 Å². The van der Waals surface area contributed by atoms with Gasteiger partial charge in [0.05, 0.1) is 11.4 Å². The number of rotatable bonds is 5. The third-order valence-electron chi connectivity index (χ3n) is 4.89. The van der Waals surface area contributed by atoms with Crippen LogP contribution in [0.15, 0.2) is 78.9 Å². The molecule has 1 heterocycles. The molecule has 0 bridgehead atoms. The minimum Gasteiger partial charge on any atom is -0.322 e. The molecule has 4 rings (SSSR count). The van der Waals surface area contributed by atoms with E-state index < -0.39 is 0 Å². The Balaban J connectivity index is 1.66. The molecule has 1 aromatic heterocycles. The number of nitrogens with zero attached hydrogens (tertiary/aromatic N) is 2. The number of anilines is 2. The Morgan fingerprint density at radius 2 is 1.53 bits per heavy atom. The molecule has 6 nitrogen and oxygen atoms in total. The quantitative estimate of drug-likeness (QED) is 0.459. The number of carbonyl (C=O) groups excluding carboxylic acids is 2. The zero-order chi connectivity index (χ0) is 22.7. The number of carbonyl (C=O) groups is 2. The topological polar surface area (TPSA) is 76.0 Å². The van der Waals surface area contributed by atoms with Crippen LogP contribution in [0.25, 0.3) is 16.8 Å². The molecule has 4 aromatic rings. The Morgan fingerprint density at radius 3 is 2.16 bits per heavy atom. The van der Waals surface area contributed by atoms with Gasteiger partial charge in [-0.1, -0.05) is 30.3 Å². The van der Waals surface area contributed by atoms with E-state index in [-0.39, 0.29) is 17.6 Å². The fraction of sp³-hybridized carbons (Fsp3) is 0.0800. The smallest absolute Gasteiger partial charge is 0.255 e. The highest BCUT2D eigenvalue weighted by molar-refractivity contribution is 6.04. The molecule has 0 aliphatic heterocycles.